The van der Waals surface area contributed by atoms with Crippen molar-refractivity contribution in [3.8, 4) is 0 Å². The van der Waals surface area contributed by atoms with Gasteiger partial charge in [0, 0.05) is 11.4 Å². The van der Waals surface area contributed by atoms with Crippen molar-refractivity contribution in [1.82, 2.24) is 5.32 Å². The molecule has 0 saturated heterocycles. The molecular formula is C14H13ClFNO2S. The number of benzene rings is 1. The standard InChI is InChI=1S/C14H13ClFNO2S/c15-13-5-4-12(20-13)11(18)8-17-14(19)7-9-2-1-3-10(16)6-9/h1-6,11,18H,7-8H2,(H,17,19)/t11-/m1/s1. The van der Waals surface area contributed by atoms with E-state index < -0.39 is 6.10 Å². The van der Waals surface area contributed by atoms with Crippen LogP contribution in [-0.2, 0) is 11.2 Å². The monoisotopic (exact) mass is 313 g/mol. The van der Waals surface area contributed by atoms with Gasteiger partial charge in [-0.2, -0.15) is 0 Å². The summed E-state index contributed by atoms with van der Waals surface area (Å²) in [5, 5.41) is 12.5. The molecule has 1 aromatic heterocycles. The quantitative estimate of drug-likeness (QED) is 0.891. The van der Waals surface area contributed by atoms with Crippen LogP contribution in [0, 0.1) is 5.82 Å². The van der Waals surface area contributed by atoms with Gasteiger partial charge in [0.1, 0.15) is 11.9 Å². The van der Waals surface area contributed by atoms with Crippen LogP contribution in [0.3, 0.4) is 0 Å². The Bertz CT molecular complexity index is 602. The first kappa shape index (κ1) is 15.0. The predicted octanol–water partition coefficient (Wildman–Crippen LogP) is 2.93. The third kappa shape index (κ3) is 4.30. The van der Waals surface area contributed by atoms with Crippen LogP contribution >= 0.6 is 22.9 Å². The molecule has 0 radical (unpaired) electrons. The van der Waals surface area contributed by atoms with Gasteiger partial charge in [0.15, 0.2) is 0 Å². The zero-order valence-electron chi connectivity index (χ0n) is 10.5. The van der Waals surface area contributed by atoms with Crippen LogP contribution in [0.4, 0.5) is 4.39 Å². The number of hydrogen-bond donors (Lipinski definition) is 2. The Hall–Kier alpha value is -1.43. The summed E-state index contributed by atoms with van der Waals surface area (Å²) in [6.07, 6.45) is -0.709. The number of carbonyl (C=O) groups is 1. The maximum Gasteiger partial charge on any atom is 0.224 e. The molecule has 0 bridgehead atoms. The Balaban J connectivity index is 1.83. The molecule has 6 heteroatoms. The summed E-state index contributed by atoms with van der Waals surface area (Å²) in [4.78, 5) is 12.4. The average molecular weight is 314 g/mol. The molecule has 2 N–H and O–H groups in total. The van der Waals surface area contributed by atoms with Gasteiger partial charge in [-0.1, -0.05) is 23.7 Å². The molecule has 20 heavy (non-hydrogen) atoms. The van der Waals surface area contributed by atoms with E-state index in [0.29, 0.717) is 14.8 Å². The summed E-state index contributed by atoms with van der Waals surface area (Å²) in [6, 6.07) is 9.29. The highest BCUT2D eigenvalue weighted by Gasteiger charge is 2.12. The van der Waals surface area contributed by atoms with Crippen LogP contribution in [-0.4, -0.2) is 17.6 Å². The number of rotatable bonds is 5. The fourth-order valence-corrected chi connectivity index (χ4v) is 2.76. The lowest BCUT2D eigenvalue weighted by Gasteiger charge is -2.10. The summed E-state index contributed by atoms with van der Waals surface area (Å²) >= 11 is 7.04. The lowest BCUT2D eigenvalue weighted by Crippen LogP contribution is -2.29. The van der Waals surface area contributed by atoms with Gasteiger partial charge in [-0.3, -0.25) is 4.79 Å². The lowest BCUT2D eigenvalue weighted by atomic mass is 10.1. The van der Waals surface area contributed by atoms with E-state index in [1.807, 2.05) is 0 Å². The van der Waals surface area contributed by atoms with Crippen molar-refractivity contribution in [2.45, 2.75) is 12.5 Å². The van der Waals surface area contributed by atoms with Crippen LogP contribution in [0.1, 0.15) is 16.5 Å². The number of thiophene rings is 1. The Labute approximate surface area is 125 Å². The molecule has 0 spiro atoms. The van der Waals surface area contributed by atoms with Crippen LogP contribution in [0.2, 0.25) is 4.34 Å². The number of aliphatic hydroxyl groups is 1. The highest BCUT2D eigenvalue weighted by atomic mass is 35.5. The number of hydrogen-bond acceptors (Lipinski definition) is 3. The second-order valence-electron chi connectivity index (χ2n) is 4.27. The molecule has 1 amide bonds. The van der Waals surface area contributed by atoms with Crippen molar-refractivity contribution in [1.29, 1.82) is 0 Å². The number of nitrogens with one attached hydrogen (secondary N) is 1. The van der Waals surface area contributed by atoms with E-state index in [-0.39, 0.29) is 24.7 Å². The van der Waals surface area contributed by atoms with E-state index in [1.165, 1.54) is 23.5 Å². The maximum absolute atomic E-state index is 13.0. The Kier molecular flexibility index (Phi) is 5.11. The zero-order valence-corrected chi connectivity index (χ0v) is 12.0. The second-order valence-corrected chi connectivity index (χ2v) is 6.02. The van der Waals surface area contributed by atoms with E-state index >= 15 is 0 Å². The van der Waals surface area contributed by atoms with E-state index in [1.54, 1.807) is 24.3 Å². The SMILES string of the molecule is O=C(Cc1cccc(F)c1)NC[C@@H](O)c1ccc(Cl)s1. The molecule has 1 aromatic carbocycles. The van der Waals surface area contributed by atoms with Crippen LogP contribution in [0.15, 0.2) is 36.4 Å². The third-order valence-electron chi connectivity index (χ3n) is 2.67. The summed E-state index contributed by atoms with van der Waals surface area (Å²) in [5.74, 6) is -0.638. The van der Waals surface area contributed by atoms with Crippen molar-refractivity contribution in [2.75, 3.05) is 6.54 Å². The zero-order chi connectivity index (χ0) is 14.5. The molecule has 0 fully saturated rings. The van der Waals surface area contributed by atoms with Gasteiger partial charge in [0.05, 0.1) is 10.8 Å². The Morgan fingerprint density at radius 2 is 2.20 bits per heavy atom. The van der Waals surface area contributed by atoms with Crippen molar-refractivity contribution >= 4 is 28.8 Å². The summed E-state index contributed by atoms with van der Waals surface area (Å²) in [5.41, 5.74) is 0.594. The average Bonchev–Trinajstić information content (AvgIpc) is 2.83. The first-order valence-corrected chi connectivity index (χ1v) is 7.18. The molecule has 0 aliphatic heterocycles. The number of halogens is 2. The summed E-state index contributed by atoms with van der Waals surface area (Å²) in [6.45, 7) is 0.102. The van der Waals surface area contributed by atoms with Crippen LogP contribution in [0.25, 0.3) is 0 Å². The molecule has 0 aliphatic carbocycles. The largest absolute Gasteiger partial charge is 0.386 e. The fourth-order valence-electron chi connectivity index (χ4n) is 1.71. The highest BCUT2D eigenvalue weighted by Crippen LogP contribution is 2.26. The first-order chi connectivity index (χ1) is 9.54. The van der Waals surface area contributed by atoms with Crippen LogP contribution in [0.5, 0.6) is 0 Å². The van der Waals surface area contributed by atoms with Gasteiger partial charge in [-0.15, -0.1) is 11.3 Å². The van der Waals surface area contributed by atoms with Gasteiger partial charge < -0.3 is 10.4 Å². The molecule has 1 atom stereocenters. The van der Waals surface area contributed by atoms with Crippen molar-refractivity contribution in [3.05, 3.63) is 57.0 Å². The third-order valence-corrected chi connectivity index (χ3v) is 4.00. The molecule has 2 rings (SSSR count). The minimum Gasteiger partial charge on any atom is -0.386 e. The van der Waals surface area contributed by atoms with E-state index in [2.05, 4.69) is 5.32 Å². The van der Waals surface area contributed by atoms with Gasteiger partial charge in [-0.25, -0.2) is 4.39 Å². The van der Waals surface area contributed by atoms with Gasteiger partial charge in [0.2, 0.25) is 5.91 Å². The Morgan fingerprint density at radius 1 is 1.40 bits per heavy atom. The van der Waals surface area contributed by atoms with Crippen molar-refractivity contribution < 1.29 is 14.3 Å². The topological polar surface area (TPSA) is 49.3 Å². The van der Waals surface area contributed by atoms with Gasteiger partial charge >= 0.3 is 0 Å². The maximum atomic E-state index is 13.0. The highest BCUT2D eigenvalue weighted by molar-refractivity contribution is 7.16. The number of aliphatic hydroxyl groups excluding tert-OH is 1. The Morgan fingerprint density at radius 3 is 2.85 bits per heavy atom. The molecule has 0 aliphatic rings. The molecule has 2 aromatic rings. The number of amides is 1. The van der Waals surface area contributed by atoms with E-state index in [4.69, 9.17) is 11.6 Å². The molecule has 106 valence electrons. The predicted molar refractivity (Wildman–Crippen MR) is 77.4 cm³/mol. The first-order valence-electron chi connectivity index (χ1n) is 5.99. The van der Waals surface area contributed by atoms with Crippen molar-refractivity contribution in [2.24, 2.45) is 0 Å². The van der Waals surface area contributed by atoms with E-state index in [0.717, 1.165) is 0 Å². The van der Waals surface area contributed by atoms with Gasteiger partial charge in [-0.05, 0) is 29.8 Å². The second kappa shape index (κ2) is 6.83. The molecule has 0 unspecified atom stereocenters. The summed E-state index contributed by atoms with van der Waals surface area (Å²) < 4.78 is 13.6. The molecule has 0 saturated carbocycles. The molecule has 3 nitrogen and oxygen atoms in total. The summed E-state index contributed by atoms with van der Waals surface area (Å²) in [7, 11) is 0. The van der Waals surface area contributed by atoms with Crippen LogP contribution < -0.4 is 5.32 Å². The smallest absolute Gasteiger partial charge is 0.224 e. The fraction of sp³-hybridized carbons (Fsp3) is 0.214. The molecule has 1 heterocycles. The van der Waals surface area contributed by atoms with E-state index in [9.17, 15) is 14.3 Å². The lowest BCUT2D eigenvalue weighted by molar-refractivity contribution is -0.120. The molecular weight excluding hydrogens is 301 g/mol. The number of carbonyl (C=O) groups excluding carboxylic acids is 1. The normalized spacial score (nSPS) is 12.2. The van der Waals surface area contributed by atoms with Gasteiger partial charge in [0.25, 0.3) is 0 Å². The van der Waals surface area contributed by atoms with Crippen molar-refractivity contribution in [3.63, 3.8) is 0 Å². The minimum absolute atomic E-state index is 0.0790. The minimum atomic E-state index is -0.788.